The van der Waals surface area contributed by atoms with Crippen molar-refractivity contribution in [1.82, 2.24) is 0 Å². The number of ether oxygens (including phenoxy) is 2. The molecule has 0 saturated carbocycles. The molecule has 2 aromatic rings. The monoisotopic (exact) mass is 410 g/mol. The van der Waals surface area contributed by atoms with Crippen LogP contribution >= 0.6 is 0 Å². The lowest BCUT2D eigenvalue weighted by molar-refractivity contribution is -0.153. The van der Waals surface area contributed by atoms with Crippen LogP contribution in [-0.2, 0) is 19.1 Å². The molecule has 0 spiro atoms. The number of amides is 2. The minimum atomic E-state index is -0.953. The van der Waals surface area contributed by atoms with Gasteiger partial charge in [-0.15, -0.1) is 0 Å². The Morgan fingerprint density at radius 1 is 1.17 bits per heavy atom. The molecule has 3 rings (SSSR count). The van der Waals surface area contributed by atoms with Gasteiger partial charge in [-0.2, -0.15) is 0 Å². The summed E-state index contributed by atoms with van der Waals surface area (Å²) >= 11 is 0. The van der Waals surface area contributed by atoms with Crippen LogP contribution in [-0.4, -0.2) is 37.0 Å². The number of esters is 1. The molecule has 2 aromatic carbocycles. The van der Waals surface area contributed by atoms with Gasteiger partial charge < -0.3 is 19.7 Å². The molecule has 2 amide bonds. The van der Waals surface area contributed by atoms with Crippen molar-refractivity contribution in [2.45, 2.75) is 40.2 Å². The van der Waals surface area contributed by atoms with Crippen molar-refractivity contribution in [2.24, 2.45) is 0 Å². The highest BCUT2D eigenvalue weighted by molar-refractivity contribution is 5.98. The van der Waals surface area contributed by atoms with Gasteiger partial charge in [-0.3, -0.25) is 14.4 Å². The summed E-state index contributed by atoms with van der Waals surface area (Å²) in [5.41, 5.74) is 4.36. The molecule has 0 radical (unpaired) electrons. The lowest BCUT2D eigenvalue weighted by Crippen LogP contribution is -2.40. The normalized spacial score (nSPS) is 13.9. The van der Waals surface area contributed by atoms with Crippen LogP contribution in [0.2, 0.25) is 0 Å². The maximum atomic E-state index is 12.5. The first-order valence-corrected chi connectivity index (χ1v) is 9.86. The van der Waals surface area contributed by atoms with Crippen molar-refractivity contribution in [2.75, 3.05) is 23.4 Å². The largest absolute Gasteiger partial charge is 0.482 e. The molecule has 0 saturated heterocycles. The van der Waals surface area contributed by atoms with Gasteiger partial charge in [0.2, 0.25) is 0 Å². The predicted molar refractivity (Wildman–Crippen MR) is 114 cm³/mol. The van der Waals surface area contributed by atoms with Gasteiger partial charge in [-0.1, -0.05) is 29.8 Å². The minimum Gasteiger partial charge on any atom is -0.482 e. The van der Waals surface area contributed by atoms with Crippen LogP contribution < -0.4 is 15.0 Å². The number of hydrogen-bond acceptors (Lipinski definition) is 5. The zero-order valence-corrected chi connectivity index (χ0v) is 17.7. The van der Waals surface area contributed by atoms with Crippen LogP contribution in [0.25, 0.3) is 0 Å². The molecule has 7 heteroatoms. The third kappa shape index (κ3) is 4.79. The zero-order valence-electron chi connectivity index (χ0n) is 17.7. The van der Waals surface area contributed by atoms with E-state index >= 15 is 0 Å². The Kier molecular flexibility index (Phi) is 6.40. The number of hydrogen-bond donors (Lipinski definition) is 1. The van der Waals surface area contributed by atoms with Gasteiger partial charge in [-0.05, 0) is 51.0 Å². The quantitative estimate of drug-likeness (QED) is 0.739. The molecule has 0 aliphatic carbocycles. The predicted octanol–water partition coefficient (Wildman–Crippen LogP) is 3.30. The molecule has 1 N–H and O–H groups in total. The number of para-hydroxylation sites is 2. The van der Waals surface area contributed by atoms with Gasteiger partial charge >= 0.3 is 5.97 Å². The second-order valence-corrected chi connectivity index (χ2v) is 7.45. The smallest absolute Gasteiger partial charge is 0.308 e. The first-order chi connectivity index (χ1) is 14.3. The lowest BCUT2D eigenvalue weighted by atomic mass is 10.0. The molecule has 1 aliphatic rings. The number of nitrogens with one attached hydrogen (secondary N) is 1. The Morgan fingerprint density at radius 2 is 1.83 bits per heavy atom. The van der Waals surface area contributed by atoms with Crippen LogP contribution in [0.4, 0.5) is 11.4 Å². The summed E-state index contributed by atoms with van der Waals surface area (Å²) in [6.07, 6.45) is -0.981. The summed E-state index contributed by atoms with van der Waals surface area (Å²) in [7, 11) is 0. The van der Waals surface area contributed by atoms with Crippen molar-refractivity contribution >= 4 is 29.2 Å². The molecular weight excluding hydrogens is 384 g/mol. The maximum absolute atomic E-state index is 12.5. The standard InChI is InChI=1S/C23H26N2O5/c1-14-11-15(2)22(16(3)12-14)24-23(28)17(4)30-21(27)9-10-25-18-7-5-6-8-19(18)29-13-20(25)26/h5-8,11-12,17H,9-10,13H2,1-4H3,(H,24,28)/t17-/m1/s1. The summed E-state index contributed by atoms with van der Waals surface area (Å²) in [4.78, 5) is 38.4. The van der Waals surface area contributed by atoms with E-state index in [9.17, 15) is 14.4 Å². The third-order valence-electron chi connectivity index (χ3n) is 4.95. The SMILES string of the molecule is Cc1cc(C)c(NC(=O)[C@@H](C)OC(=O)CCN2C(=O)COc3ccccc32)c(C)c1. The van der Waals surface area contributed by atoms with Gasteiger partial charge in [0.15, 0.2) is 12.7 Å². The first kappa shape index (κ1) is 21.4. The number of rotatable bonds is 6. The van der Waals surface area contributed by atoms with Gasteiger partial charge in [0, 0.05) is 12.2 Å². The highest BCUT2D eigenvalue weighted by Gasteiger charge is 2.26. The van der Waals surface area contributed by atoms with E-state index in [-0.39, 0.29) is 25.5 Å². The molecule has 158 valence electrons. The Balaban J connectivity index is 1.56. The fourth-order valence-electron chi connectivity index (χ4n) is 3.51. The van der Waals surface area contributed by atoms with E-state index in [2.05, 4.69) is 5.32 Å². The van der Waals surface area contributed by atoms with E-state index in [0.717, 1.165) is 22.4 Å². The molecule has 1 atom stereocenters. The highest BCUT2D eigenvalue weighted by Crippen LogP contribution is 2.31. The number of nitrogens with zero attached hydrogens (tertiary/aromatic N) is 1. The van der Waals surface area contributed by atoms with E-state index in [1.54, 1.807) is 18.2 Å². The number of fused-ring (bicyclic) bond motifs is 1. The summed E-state index contributed by atoms with van der Waals surface area (Å²) in [5.74, 6) is -0.572. The molecule has 30 heavy (non-hydrogen) atoms. The Bertz CT molecular complexity index is 962. The average molecular weight is 410 g/mol. The number of carbonyl (C=O) groups is 3. The average Bonchev–Trinajstić information content (AvgIpc) is 2.69. The van der Waals surface area contributed by atoms with Crippen LogP contribution in [0.15, 0.2) is 36.4 Å². The highest BCUT2D eigenvalue weighted by atomic mass is 16.5. The Hall–Kier alpha value is -3.35. The van der Waals surface area contributed by atoms with Crippen molar-refractivity contribution in [1.29, 1.82) is 0 Å². The second kappa shape index (κ2) is 8.98. The van der Waals surface area contributed by atoms with Crippen LogP contribution in [0, 0.1) is 20.8 Å². The van der Waals surface area contributed by atoms with Crippen LogP contribution in [0.1, 0.15) is 30.0 Å². The van der Waals surface area contributed by atoms with E-state index in [1.165, 1.54) is 11.8 Å². The van der Waals surface area contributed by atoms with Crippen LogP contribution in [0.5, 0.6) is 5.75 Å². The molecule has 0 bridgehead atoms. The fourth-order valence-corrected chi connectivity index (χ4v) is 3.51. The maximum Gasteiger partial charge on any atom is 0.308 e. The van der Waals surface area contributed by atoms with Gasteiger partial charge in [0.1, 0.15) is 5.75 Å². The third-order valence-corrected chi connectivity index (χ3v) is 4.95. The molecule has 0 aromatic heterocycles. The van der Waals surface area contributed by atoms with Crippen LogP contribution in [0.3, 0.4) is 0 Å². The molecular formula is C23H26N2O5. The number of anilines is 2. The number of carbonyl (C=O) groups excluding carboxylic acids is 3. The minimum absolute atomic E-state index is 0.0275. The summed E-state index contributed by atoms with van der Waals surface area (Å²) in [6, 6.07) is 11.1. The Morgan fingerprint density at radius 3 is 2.53 bits per heavy atom. The molecule has 1 aliphatic heterocycles. The topological polar surface area (TPSA) is 84.9 Å². The molecule has 0 fully saturated rings. The fraction of sp³-hybridized carbons (Fsp3) is 0.348. The van der Waals surface area contributed by atoms with Gasteiger partial charge in [0.25, 0.3) is 11.8 Å². The second-order valence-electron chi connectivity index (χ2n) is 7.45. The number of benzene rings is 2. The first-order valence-electron chi connectivity index (χ1n) is 9.86. The Labute approximate surface area is 176 Å². The van der Waals surface area contributed by atoms with Gasteiger partial charge in [0.05, 0.1) is 12.1 Å². The zero-order chi connectivity index (χ0) is 21.8. The summed E-state index contributed by atoms with van der Waals surface area (Å²) in [6.45, 7) is 7.45. The van der Waals surface area contributed by atoms with E-state index in [0.29, 0.717) is 11.4 Å². The van der Waals surface area contributed by atoms with E-state index in [4.69, 9.17) is 9.47 Å². The lowest BCUT2D eigenvalue weighted by Gasteiger charge is -2.29. The van der Waals surface area contributed by atoms with Crippen molar-refractivity contribution in [3.05, 3.63) is 53.1 Å². The summed E-state index contributed by atoms with van der Waals surface area (Å²) in [5, 5.41) is 2.84. The number of aryl methyl sites for hydroxylation is 3. The van der Waals surface area contributed by atoms with Gasteiger partial charge in [-0.25, -0.2) is 0 Å². The molecule has 1 heterocycles. The van der Waals surface area contributed by atoms with E-state index in [1.807, 2.05) is 39.0 Å². The van der Waals surface area contributed by atoms with E-state index < -0.39 is 18.0 Å². The molecule has 0 unspecified atom stereocenters. The van der Waals surface area contributed by atoms with Crippen molar-refractivity contribution in [3.63, 3.8) is 0 Å². The van der Waals surface area contributed by atoms with Crippen molar-refractivity contribution < 1.29 is 23.9 Å². The van der Waals surface area contributed by atoms with Crippen molar-refractivity contribution in [3.8, 4) is 5.75 Å². The molecule has 7 nitrogen and oxygen atoms in total. The summed E-state index contributed by atoms with van der Waals surface area (Å²) < 4.78 is 10.7.